The first-order valence-corrected chi connectivity index (χ1v) is 11.2. The molecule has 0 bridgehead atoms. The Balaban J connectivity index is 1.67. The average molecular weight is 445 g/mol. The van der Waals surface area contributed by atoms with Crippen LogP contribution in [0.5, 0.6) is 5.75 Å². The quantitative estimate of drug-likeness (QED) is 0.359. The summed E-state index contributed by atoms with van der Waals surface area (Å²) in [6.07, 6.45) is 5.84. The third-order valence-corrected chi connectivity index (χ3v) is 6.02. The average Bonchev–Trinajstić information content (AvgIpc) is 3.49. The number of aryl methyl sites for hydroxylation is 1. The van der Waals surface area contributed by atoms with Crippen LogP contribution in [-0.2, 0) is 0 Å². The normalized spacial score (nSPS) is 13.6. The van der Waals surface area contributed by atoms with Crippen molar-refractivity contribution in [2.75, 3.05) is 11.9 Å². The summed E-state index contributed by atoms with van der Waals surface area (Å²) in [5.41, 5.74) is 3.75. The van der Waals surface area contributed by atoms with E-state index in [1.165, 1.54) is 10.7 Å². The zero-order valence-corrected chi connectivity index (χ0v) is 18.7. The molecular weight excluding hydrogens is 416 g/mol. The molecule has 0 saturated heterocycles. The molecule has 33 heavy (non-hydrogen) atoms. The fourth-order valence-corrected chi connectivity index (χ4v) is 4.28. The molecule has 1 aliphatic carbocycles. The number of nitrogens with one attached hydrogen (secondary N) is 2. The fourth-order valence-electron chi connectivity index (χ4n) is 4.28. The van der Waals surface area contributed by atoms with Crippen molar-refractivity contribution in [3.05, 3.63) is 78.0 Å². The predicted octanol–water partition coefficient (Wildman–Crippen LogP) is 5.22. The van der Waals surface area contributed by atoms with Gasteiger partial charge in [0.1, 0.15) is 5.75 Å². The number of rotatable bonds is 6. The summed E-state index contributed by atoms with van der Waals surface area (Å²) in [5, 5.41) is 20.7. The Morgan fingerprint density at radius 1 is 1.18 bits per heavy atom. The second kappa shape index (κ2) is 9.73. The van der Waals surface area contributed by atoms with Crippen molar-refractivity contribution < 1.29 is 14.7 Å². The number of benzene rings is 2. The third-order valence-electron chi connectivity index (χ3n) is 6.02. The molecule has 0 unspecified atom stereocenters. The number of hydrogen-bond acceptors (Lipinski definition) is 4. The summed E-state index contributed by atoms with van der Waals surface area (Å²) < 4.78 is 1.40. The lowest BCUT2D eigenvalue weighted by atomic mass is 10.0. The van der Waals surface area contributed by atoms with Crippen LogP contribution in [0.3, 0.4) is 0 Å². The lowest BCUT2D eigenvalue weighted by molar-refractivity contribution is 0.102. The summed E-state index contributed by atoms with van der Waals surface area (Å²) in [6.45, 7) is 5.86. The highest BCUT2D eigenvalue weighted by Crippen LogP contribution is 2.38. The molecule has 1 fully saturated rings. The van der Waals surface area contributed by atoms with Gasteiger partial charge in [0.2, 0.25) is 0 Å². The Hall–Kier alpha value is -3.87. The number of phenols is 1. The highest BCUT2D eigenvalue weighted by atomic mass is 16.3. The van der Waals surface area contributed by atoms with Gasteiger partial charge in [0.05, 0.1) is 11.4 Å². The van der Waals surface area contributed by atoms with E-state index in [1.807, 2.05) is 31.2 Å². The summed E-state index contributed by atoms with van der Waals surface area (Å²) in [5.74, 6) is 0.0375. The van der Waals surface area contributed by atoms with Gasteiger partial charge < -0.3 is 15.7 Å². The largest absolute Gasteiger partial charge is 0.507 e. The molecule has 4 rings (SSSR count). The number of hydrogen-bond donors (Lipinski definition) is 3. The van der Waals surface area contributed by atoms with E-state index in [1.54, 1.807) is 24.3 Å². The van der Waals surface area contributed by atoms with Gasteiger partial charge in [-0.2, -0.15) is 9.78 Å². The van der Waals surface area contributed by atoms with E-state index < -0.39 is 0 Å². The molecule has 1 aromatic heterocycles. The van der Waals surface area contributed by atoms with Crippen LogP contribution in [0.4, 0.5) is 10.5 Å². The lowest BCUT2D eigenvalue weighted by Gasteiger charge is -2.11. The Morgan fingerprint density at radius 2 is 1.94 bits per heavy atom. The second-order valence-electron chi connectivity index (χ2n) is 8.32. The minimum absolute atomic E-state index is 0.0259. The number of aromatic nitrogens is 2. The maximum Gasteiger partial charge on any atom is 0.342 e. The zero-order valence-electron chi connectivity index (χ0n) is 18.7. The Bertz CT molecular complexity index is 1190. The lowest BCUT2D eigenvalue weighted by Crippen LogP contribution is -2.31. The van der Waals surface area contributed by atoms with E-state index in [2.05, 4.69) is 22.3 Å². The highest BCUT2D eigenvalue weighted by Gasteiger charge is 2.26. The van der Waals surface area contributed by atoms with E-state index in [4.69, 9.17) is 0 Å². The van der Waals surface area contributed by atoms with E-state index >= 15 is 0 Å². The topological polar surface area (TPSA) is 96.3 Å². The molecule has 0 radical (unpaired) electrons. The number of aromatic hydroxyl groups is 1. The smallest absolute Gasteiger partial charge is 0.342 e. The number of carbonyl (C=O) groups excluding carboxylic acids is 2. The van der Waals surface area contributed by atoms with Gasteiger partial charge in [0, 0.05) is 29.3 Å². The first kappa shape index (κ1) is 22.3. The van der Waals surface area contributed by atoms with Crippen LogP contribution in [0.1, 0.15) is 53.2 Å². The zero-order chi connectivity index (χ0) is 23.4. The fraction of sp³-hybridized carbons (Fsp3) is 0.269. The summed E-state index contributed by atoms with van der Waals surface area (Å²) in [6, 6.07) is 13.7. The molecule has 7 heteroatoms. The van der Waals surface area contributed by atoms with Crippen molar-refractivity contribution in [1.82, 2.24) is 15.1 Å². The molecule has 3 N–H and O–H groups in total. The molecule has 2 aromatic carbocycles. The third kappa shape index (κ3) is 4.82. The monoisotopic (exact) mass is 444 g/mol. The Kier molecular flexibility index (Phi) is 6.58. The van der Waals surface area contributed by atoms with Gasteiger partial charge in [0.15, 0.2) is 0 Å². The molecular formula is C26H28N4O3. The molecule has 0 atom stereocenters. The Labute approximate surface area is 193 Å². The molecule has 7 nitrogen and oxygen atoms in total. The first-order valence-electron chi connectivity index (χ1n) is 11.2. The number of carbonyl (C=O) groups is 2. The van der Waals surface area contributed by atoms with Crippen molar-refractivity contribution >= 4 is 17.6 Å². The minimum atomic E-state index is -0.327. The molecule has 2 amide bonds. The standard InChI is InChI=1S/C26H28N4O3/c1-3-14-27-26(33)30-23(18-9-5-6-10-18)16-22(29-30)21-15-19(12-13-24(21)31)28-25(32)20-11-7-4-8-17(20)2/h3-4,7-8,11-13,15-16,18,31H,1,5-6,9-10,14H2,2H3,(H,27,33)(H,28,32). The molecule has 1 saturated carbocycles. The molecule has 0 spiro atoms. The number of amides is 2. The van der Waals surface area contributed by atoms with Gasteiger partial charge in [-0.15, -0.1) is 6.58 Å². The minimum Gasteiger partial charge on any atom is -0.507 e. The Morgan fingerprint density at radius 3 is 2.67 bits per heavy atom. The van der Waals surface area contributed by atoms with Crippen LogP contribution in [0.2, 0.25) is 0 Å². The summed E-state index contributed by atoms with van der Waals surface area (Å²) >= 11 is 0. The van der Waals surface area contributed by atoms with Crippen LogP contribution in [0.15, 0.2) is 61.2 Å². The molecule has 0 aliphatic heterocycles. The van der Waals surface area contributed by atoms with Crippen molar-refractivity contribution in [1.29, 1.82) is 0 Å². The second-order valence-corrected chi connectivity index (χ2v) is 8.32. The van der Waals surface area contributed by atoms with Gasteiger partial charge in [-0.3, -0.25) is 4.79 Å². The number of anilines is 1. The molecule has 170 valence electrons. The van der Waals surface area contributed by atoms with Gasteiger partial charge in [-0.1, -0.05) is 37.1 Å². The van der Waals surface area contributed by atoms with E-state index in [0.29, 0.717) is 29.1 Å². The van der Waals surface area contributed by atoms with E-state index in [-0.39, 0.29) is 23.6 Å². The van der Waals surface area contributed by atoms with Gasteiger partial charge in [0.25, 0.3) is 5.91 Å². The van der Waals surface area contributed by atoms with Crippen molar-refractivity contribution in [3.8, 4) is 17.0 Å². The van der Waals surface area contributed by atoms with Crippen molar-refractivity contribution in [3.63, 3.8) is 0 Å². The number of phenolic OH excluding ortho intramolecular Hbond substituents is 1. The van der Waals surface area contributed by atoms with Crippen molar-refractivity contribution in [2.45, 2.75) is 38.5 Å². The SMILES string of the molecule is C=CCNC(=O)n1nc(-c2cc(NC(=O)c3ccccc3C)ccc2O)cc1C1CCCC1. The van der Waals surface area contributed by atoms with Gasteiger partial charge in [-0.25, -0.2) is 4.79 Å². The summed E-state index contributed by atoms with van der Waals surface area (Å²) in [4.78, 5) is 25.5. The van der Waals surface area contributed by atoms with Crippen molar-refractivity contribution in [2.24, 2.45) is 0 Å². The first-order chi connectivity index (χ1) is 16.0. The maximum atomic E-state index is 12.7. The molecule has 3 aromatic rings. The summed E-state index contributed by atoms with van der Waals surface area (Å²) in [7, 11) is 0. The van der Waals surface area contributed by atoms with Crippen LogP contribution in [0.25, 0.3) is 11.3 Å². The van der Waals surface area contributed by atoms with Gasteiger partial charge >= 0.3 is 6.03 Å². The van der Waals surface area contributed by atoms with Crippen LogP contribution in [-0.4, -0.2) is 33.4 Å². The van der Waals surface area contributed by atoms with Crippen LogP contribution in [0, 0.1) is 6.92 Å². The predicted molar refractivity (Wildman–Crippen MR) is 129 cm³/mol. The maximum absolute atomic E-state index is 12.7. The van der Waals surface area contributed by atoms with Crippen LogP contribution >= 0.6 is 0 Å². The van der Waals surface area contributed by atoms with Gasteiger partial charge in [-0.05, 0) is 55.7 Å². The van der Waals surface area contributed by atoms with E-state index in [9.17, 15) is 14.7 Å². The van der Waals surface area contributed by atoms with E-state index in [0.717, 1.165) is 36.9 Å². The molecule has 1 heterocycles. The number of nitrogens with zero attached hydrogens (tertiary/aromatic N) is 2. The molecule has 1 aliphatic rings. The van der Waals surface area contributed by atoms with Crippen LogP contribution < -0.4 is 10.6 Å². The highest BCUT2D eigenvalue weighted by molar-refractivity contribution is 6.05.